The van der Waals surface area contributed by atoms with Gasteiger partial charge in [0, 0.05) is 12.0 Å². The monoisotopic (exact) mass is 466 g/mol. The van der Waals surface area contributed by atoms with Crippen molar-refractivity contribution in [3.05, 3.63) is 59.7 Å². The van der Waals surface area contributed by atoms with Crippen molar-refractivity contribution in [3.8, 4) is 11.1 Å². The fourth-order valence-electron chi connectivity index (χ4n) is 4.57. The second-order valence-electron chi connectivity index (χ2n) is 9.24. The summed E-state index contributed by atoms with van der Waals surface area (Å²) in [5.41, 5.74) is 4.52. The molecule has 0 saturated heterocycles. The van der Waals surface area contributed by atoms with E-state index in [1.807, 2.05) is 57.2 Å². The number of amides is 2. The summed E-state index contributed by atoms with van der Waals surface area (Å²) in [5.74, 6) is -1.28. The van der Waals surface area contributed by atoms with Gasteiger partial charge in [-0.2, -0.15) is 0 Å². The molecule has 0 bridgehead atoms. The number of carbonyl (C=O) groups is 3. The van der Waals surface area contributed by atoms with Crippen LogP contribution in [0.15, 0.2) is 48.5 Å². The fourth-order valence-corrected chi connectivity index (χ4v) is 4.57. The Morgan fingerprint density at radius 1 is 0.971 bits per heavy atom. The summed E-state index contributed by atoms with van der Waals surface area (Å²) in [5, 5.41) is 14.6. The molecule has 1 aliphatic carbocycles. The lowest BCUT2D eigenvalue weighted by Gasteiger charge is -2.24. The molecule has 0 aromatic heterocycles. The van der Waals surface area contributed by atoms with Gasteiger partial charge < -0.3 is 20.5 Å². The lowest BCUT2D eigenvalue weighted by atomic mass is 9.98. The molecule has 2 aromatic rings. The van der Waals surface area contributed by atoms with E-state index in [9.17, 15) is 14.4 Å². The lowest BCUT2D eigenvalue weighted by Crippen LogP contribution is -2.50. The van der Waals surface area contributed by atoms with Crippen molar-refractivity contribution in [3.63, 3.8) is 0 Å². The standard InChI is InChI=1S/C27H34N2O5/c1-4-9-18(15-25(30)31)28-26(32)24(14-17(2)3)29-27(33)34-16-23-21-12-7-5-10-19(21)20-11-6-8-13-22(20)23/h5-8,10-13,17-18,23-24H,4,9,14-16H2,1-3H3,(H,28,32)(H,29,33)(H,30,31)/t18-,24+/m0/s1. The summed E-state index contributed by atoms with van der Waals surface area (Å²) in [4.78, 5) is 36.7. The number of carbonyl (C=O) groups excluding carboxylic acids is 2. The Morgan fingerprint density at radius 3 is 2.09 bits per heavy atom. The molecule has 34 heavy (non-hydrogen) atoms. The molecule has 2 amide bonds. The molecule has 0 fully saturated rings. The minimum absolute atomic E-state index is 0.0694. The van der Waals surface area contributed by atoms with Gasteiger partial charge in [0.2, 0.25) is 5.91 Å². The number of ether oxygens (including phenoxy) is 1. The van der Waals surface area contributed by atoms with E-state index in [0.29, 0.717) is 12.8 Å². The van der Waals surface area contributed by atoms with Crippen molar-refractivity contribution in [1.29, 1.82) is 0 Å². The zero-order chi connectivity index (χ0) is 24.7. The molecule has 0 unspecified atom stereocenters. The number of carboxylic acid groups (broad SMARTS) is 1. The molecular formula is C27H34N2O5. The number of fused-ring (bicyclic) bond motifs is 3. The van der Waals surface area contributed by atoms with Crippen LogP contribution in [0.1, 0.15) is 63.5 Å². The smallest absolute Gasteiger partial charge is 0.407 e. The Balaban J connectivity index is 1.65. The highest BCUT2D eigenvalue weighted by Crippen LogP contribution is 2.44. The summed E-state index contributed by atoms with van der Waals surface area (Å²) >= 11 is 0. The number of carboxylic acids is 1. The Kier molecular flexibility index (Phi) is 8.68. The van der Waals surface area contributed by atoms with E-state index in [0.717, 1.165) is 28.7 Å². The molecule has 2 aromatic carbocycles. The second kappa shape index (κ2) is 11.7. The third-order valence-corrected chi connectivity index (χ3v) is 6.06. The SMILES string of the molecule is CCC[C@@H](CC(=O)O)NC(=O)[C@@H](CC(C)C)NC(=O)OCC1c2ccccc2-c2ccccc21. The zero-order valence-corrected chi connectivity index (χ0v) is 20.0. The lowest BCUT2D eigenvalue weighted by molar-refractivity contribution is -0.137. The van der Waals surface area contributed by atoms with Crippen LogP contribution >= 0.6 is 0 Å². The van der Waals surface area contributed by atoms with Gasteiger partial charge in [0.15, 0.2) is 0 Å². The van der Waals surface area contributed by atoms with E-state index in [4.69, 9.17) is 9.84 Å². The van der Waals surface area contributed by atoms with Crippen molar-refractivity contribution < 1.29 is 24.2 Å². The third-order valence-electron chi connectivity index (χ3n) is 6.06. The molecule has 3 rings (SSSR count). The van der Waals surface area contributed by atoms with Gasteiger partial charge in [-0.15, -0.1) is 0 Å². The summed E-state index contributed by atoms with van der Waals surface area (Å²) in [6.07, 6.45) is 0.901. The zero-order valence-electron chi connectivity index (χ0n) is 20.0. The van der Waals surface area contributed by atoms with Crippen LogP contribution in [0.4, 0.5) is 4.79 Å². The molecule has 2 atom stereocenters. The summed E-state index contributed by atoms with van der Waals surface area (Å²) in [7, 11) is 0. The highest BCUT2D eigenvalue weighted by molar-refractivity contribution is 5.86. The first-order chi connectivity index (χ1) is 16.3. The van der Waals surface area contributed by atoms with E-state index < -0.39 is 24.1 Å². The van der Waals surface area contributed by atoms with Crippen LogP contribution < -0.4 is 10.6 Å². The predicted molar refractivity (Wildman–Crippen MR) is 131 cm³/mol. The highest BCUT2D eigenvalue weighted by atomic mass is 16.5. The number of benzene rings is 2. The molecular weight excluding hydrogens is 432 g/mol. The maximum absolute atomic E-state index is 12.9. The average molecular weight is 467 g/mol. The molecule has 182 valence electrons. The van der Waals surface area contributed by atoms with Gasteiger partial charge in [-0.05, 0) is 41.0 Å². The van der Waals surface area contributed by atoms with E-state index >= 15 is 0 Å². The minimum Gasteiger partial charge on any atom is -0.481 e. The maximum Gasteiger partial charge on any atom is 0.407 e. The van der Waals surface area contributed by atoms with Gasteiger partial charge >= 0.3 is 12.1 Å². The summed E-state index contributed by atoms with van der Waals surface area (Å²) in [6.45, 7) is 6.01. The number of aliphatic carboxylic acids is 1. The minimum atomic E-state index is -0.969. The van der Waals surface area contributed by atoms with Crippen LogP contribution in [0, 0.1) is 5.92 Å². The van der Waals surface area contributed by atoms with Crippen molar-refractivity contribution in [2.24, 2.45) is 5.92 Å². The van der Waals surface area contributed by atoms with Crippen LogP contribution in [-0.2, 0) is 14.3 Å². The summed E-state index contributed by atoms with van der Waals surface area (Å²) in [6, 6.07) is 14.9. The van der Waals surface area contributed by atoms with Crippen molar-refractivity contribution in [2.75, 3.05) is 6.61 Å². The van der Waals surface area contributed by atoms with Crippen LogP contribution in [-0.4, -0.2) is 41.8 Å². The first-order valence-electron chi connectivity index (χ1n) is 11.9. The average Bonchev–Trinajstić information content (AvgIpc) is 3.10. The number of rotatable bonds is 11. The molecule has 0 heterocycles. The number of hydrogen-bond donors (Lipinski definition) is 3. The van der Waals surface area contributed by atoms with E-state index in [1.54, 1.807) is 0 Å². The molecule has 0 radical (unpaired) electrons. The predicted octanol–water partition coefficient (Wildman–Crippen LogP) is 4.70. The first-order valence-corrected chi connectivity index (χ1v) is 11.9. The second-order valence-corrected chi connectivity index (χ2v) is 9.24. The van der Waals surface area contributed by atoms with Crippen molar-refractivity contribution in [1.82, 2.24) is 10.6 Å². The quantitative estimate of drug-likeness (QED) is 0.445. The van der Waals surface area contributed by atoms with Crippen LogP contribution in [0.3, 0.4) is 0 Å². The van der Waals surface area contributed by atoms with Gasteiger partial charge in [-0.3, -0.25) is 9.59 Å². The van der Waals surface area contributed by atoms with Gasteiger partial charge in [0.1, 0.15) is 12.6 Å². The van der Waals surface area contributed by atoms with Gasteiger partial charge in [0.05, 0.1) is 6.42 Å². The fraction of sp³-hybridized carbons (Fsp3) is 0.444. The molecule has 0 saturated carbocycles. The largest absolute Gasteiger partial charge is 0.481 e. The molecule has 7 heteroatoms. The molecule has 7 nitrogen and oxygen atoms in total. The molecule has 3 N–H and O–H groups in total. The Morgan fingerprint density at radius 2 is 1.56 bits per heavy atom. The first kappa shape index (κ1) is 25.3. The van der Waals surface area contributed by atoms with E-state index in [1.165, 1.54) is 0 Å². The van der Waals surface area contributed by atoms with E-state index in [-0.39, 0.29) is 30.8 Å². The Labute approximate surface area is 200 Å². The van der Waals surface area contributed by atoms with Crippen molar-refractivity contribution >= 4 is 18.0 Å². The Bertz CT molecular complexity index is 974. The van der Waals surface area contributed by atoms with Crippen LogP contribution in [0.25, 0.3) is 11.1 Å². The van der Waals surface area contributed by atoms with Gasteiger partial charge in [-0.25, -0.2) is 4.79 Å². The summed E-state index contributed by atoms with van der Waals surface area (Å²) < 4.78 is 5.59. The number of alkyl carbamates (subject to hydrolysis) is 1. The third kappa shape index (κ3) is 6.37. The molecule has 1 aliphatic rings. The number of hydrogen-bond acceptors (Lipinski definition) is 4. The van der Waals surface area contributed by atoms with Crippen LogP contribution in [0.5, 0.6) is 0 Å². The maximum atomic E-state index is 12.9. The molecule has 0 aliphatic heterocycles. The van der Waals surface area contributed by atoms with Crippen LogP contribution in [0.2, 0.25) is 0 Å². The normalized spacial score (nSPS) is 14.1. The number of nitrogens with one attached hydrogen (secondary N) is 2. The highest BCUT2D eigenvalue weighted by Gasteiger charge is 2.30. The topological polar surface area (TPSA) is 105 Å². The Hall–Kier alpha value is -3.35. The van der Waals surface area contributed by atoms with Crippen molar-refractivity contribution in [2.45, 2.75) is 64.5 Å². The van der Waals surface area contributed by atoms with E-state index in [2.05, 4.69) is 22.8 Å². The van der Waals surface area contributed by atoms with Gasteiger partial charge in [0.25, 0.3) is 0 Å². The molecule has 0 spiro atoms. The van der Waals surface area contributed by atoms with Gasteiger partial charge in [-0.1, -0.05) is 75.7 Å².